The van der Waals surface area contributed by atoms with Gasteiger partial charge in [-0.15, -0.1) is 0 Å². The van der Waals surface area contributed by atoms with Crippen molar-refractivity contribution in [1.29, 1.82) is 0 Å². The lowest BCUT2D eigenvalue weighted by molar-refractivity contribution is 0.306. The number of benzene rings is 1. The van der Waals surface area contributed by atoms with Crippen molar-refractivity contribution in [2.75, 3.05) is 25.6 Å². The number of likely N-dealkylation sites (N-methyl/N-ethyl adjacent to an activating group) is 1. The Morgan fingerprint density at radius 1 is 1.32 bits per heavy atom. The maximum Gasteiger partial charge on any atom is 0.120 e. The van der Waals surface area contributed by atoms with Crippen LogP contribution in [0.15, 0.2) is 24.3 Å². The maximum atomic E-state index is 6.38. The van der Waals surface area contributed by atoms with Gasteiger partial charge < -0.3 is 15.4 Å². The predicted octanol–water partition coefficient (Wildman–Crippen LogP) is 3.04. The Morgan fingerprint density at radius 2 is 2.05 bits per heavy atom. The molecule has 19 heavy (non-hydrogen) atoms. The molecule has 0 amide bonds. The molecule has 0 bridgehead atoms. The SMILES string of the molecule is COc1cccc(N(C)CC(N)C2CCCCC2)c1. The largest absolute Gasteiger partial charge is 0.497 e. The van der Waals surface area contributed by atoms with E-state index in [1.165, 1.54) is 37.8 Å². The normalized spacial score (nSPS) is 18.1. The quantitative estimate of drug-likeness (QED) is 0.886. The number of rotatable bonds is 5. The summed E-state index contributed by atoms with van der Waals surface area (Å²) >= 11 is 0. The molecular formula is C16H26N2O. The van der Waals surface area contributed by atoms with E-state index in [9.17, 15) is 0 Å². The highest BCUT2D eigenvalue weighted by atomic mass is 16.5. The fourth-order valence-electron chi connectivity index (χ4n) is 2.98. The molecule has 1 unspecified atom stereocenters. The molecule has 1 aliphatic rings. The van der Waals surface area contributed by atoms with Crippen LogP contribution in [0.1, 0.15) is 32.1 Å². The van der Waals surface area contributed by atoms with Gasteiger partial charge in [0.05, 0.1) is 7.11 Å². The Kier molecular flexibility index (Phi) is 5.08. The van der Waals surface area contributed by atoms with Gasteiger partial charge in [0, 0.05) is 31.4 Å². The molecule has 0 heterocycles. The monoisotopic (exact) mass is 262 g/mol. The highest BCUT2D eigenvalue weighted by molar-refractivity contribution is 5.50. The maximum absolute atomic E-state index is 6.38. The second-order valence-corrected chi connectivity index (χ2v) is 5.64. The zero-order chi connectivity index (χ0) is 13.7. The van der Waals surface area contributed by atoms with Gasteiger partial charge in [0.2, 0.25) is 0 Å². The summed E-state index contributed by atoms with van der Waals surface area (Å²) in [5, 5.41) is 0. The van der Waals surface area contributed by atoms with Crippen molar-refractivity contribution in [3.8, 4) is 5.75 Å². The van der Waals surface area contributed by atoms with Gasteiger partial charge in [-0.1, -0.05) is 25.3 Å². The first-order valence-corrected chi connectivity index (χ1v) is 7.31. The third-order valence-electron chi connectivity index (χ3n) is 4.23. The van der Waals surface area contributed by atoms with Crippen LogP contribution in [0.3, 0.4) is 0 Å². The Labute approximate surface area is 116 Å². The summed E-state index contributed by atoms with van der Waals surface area (Å²) < 4.78 is 5.27. The van der Waals surface area contributed by atoms with E-state index in [1.807, 2.05) is 12.1 Å². The second kappa shape index (κ2) is 6.80. The number of anilines is 1. The Balaban J connectivity index is 1.93. The fraction of sp³-hybridized carbons (Fsp3) is 0.625. The smallest absolute Gasteiger partial charge is 0.120 e. The summed E-state index contributed by atoms with van der Waals surface area (Å²) in [6.45, 7) is 0.915. The molecule has 1 aromatic carbocycles. The number of hydrogen-bond acceptors (Lipinski definition) is 3. The Morgan fingerprint density at radius 3 is 2.74 bits per heavy atom. The lowest BCUT2D eigenvalue weighted by Gasteiger charge is -2.31. The lowest BCUT2D eigenvalue weighted by Crippen LogP contribution is -2.41. The van der Waals surface area contributed by atoms with Gasteiger partial charge in [0.15, 0.2) is 0 Å². The molecule has 3 nitrogen and oxygen atoms in total. The second-order valence-electron chi connectivity index (χ2n) is 5.64. The highest BCUT2D eigenvalue weighted by Gasteiger charge is 2.21. The Bertz CT molecular complexity index is 388. The molecule has 0 saturated heterocycles. The number of nitrogens with two attached hydrogens (primary N) is 1. The molecular weight excluding hydrogens is 236 g/mol. The molecule has 1 saturated carbocycles. The third kappa shape index (κ3) is 3.87. The first-order chi connectivity index (χ1) is 9.20. The lowest BCUT2D eigenvalue weighted by atomic mass is 9.84. The van der Waals surface area contributed by atoms with E-state index < -0.39 is 0 Å². The van der Waals surface area contributed by atoms with Crippen LogP contribution in [0.2, 0.25) is 0 Å². The molecule has 1 atom stereocenters. The van der Waals surface area contributed by atoms with Crippen molar-refractivity contribution in [3.63, 3.8) is 0 Å². The minimum Gasteiger partial charge on any atom is -0.497 e. The topological polar surface area (TPSA) is 38.5 Å². The van der Waals surface area contributed by atoms with Crippen LogP contribution in [-0.2, 0) is 0 Å². The molecule has 2 N–H and O–H groups in total. The number of hydrogen-bond donors (Lipinski definition) is 1. The average Bonchev–Trinajstić information content (AvgIpc) is 2.48. The summed E-state index contributed by atoms with van der Waals surface area (Å²) in [5.74, 6) is 1.59. The van der Waals surface area contributed by atoms with Crippen LogP contribution in [-0.4, -0.2) is 26.7 Å². The molecule has 0 spiro atoms. The van der Waals surface area contributed by atoms with Crippen molar-refractivity contribution in [1.82, 2.24) is 0 Å². The van der Waals surface area contributed by atoms with Gasteiger partial charge in [-0.25, -0.2) is 0 Å². The van der Waals surface area contributed by atoms with Crippen LogP contribution < -0.4 is 15.4 Å². The molecule has 2 rings (SSSR count). The predicted molar refractivity (Wildman–Crippen MR) is 80.8 cm³/mol. The first kappa shape index (κ1) is 14.2. The van der Waals surface area contributed by atoms with E-state index in [2.05, 4.69) is 24.1 Å². The summed E-state index contributed by atoms with van der Waals surface area (Å²) in [7, 11) is 3.81. The van der Waals surface area contributed by atoms with E-state index >= 15 is 0 Å². The van der Waals surface area contributed by atoms with Gasteiger partial charge in [-0.2, -0.15) is 0 Å². The van der Waals surface area contributed by atoms with E-state index in [0.717, 1.165) is 12.3 Å². The summed E-state index contributed by atoms with van der Waals surface area (Å²) in [5.41, 5.74) is 7.56. The van der Waals surface area contributed by atoms with E-state index in [1.54, 1.807) is 7.11 Å². The first-order valence-electron chi connectivity index (χ1n) is 7.31. The van der Waals surface area contributed by atoms with Crippen LogP contribution in [0.25, 0.3) is 0 Å². The molecule has 1 fully saturated rings. The van der Waals surface area contributed by atoms with Gasteiger partial charge in [0.1, 0.15) is 5.75 Å². The third-order valence-corrected chi connectivity index (χ3v) is 4.23. The highest BCUT2D eigenvalue weighted by Crippen LogP contribution is 2.27. The van der Waals surface area contributed by atoms with Crippen LogP contribution in [0.4, 0.5) is 5.69 Å². The minimum absolute atomic E-state index is 0.275. The summed E-state index contributed by atoms with van der Waals surface area (Å²) in [4.78, 5) is 2.24. The molecule has 0 aliphatic heterocycles. The fourth-order valence-corrected chi connectivity index (χ4v) is 2.98. The van der Waals surface area contributed by atoms with Crippen LogP contribution in [0, 0.1) is 5.92 Å². The van der Waals surface area contributed by atoms with Crippen molar-refractivity contribution >= 4 is 5.69 Å². The zero-order valence-corrected chi connectivity index (χ0v) is 12.1. The van der Waals surface area contributed by atoms with Crippen molar-refractivity contribution in [3.05, 3.63) is 24.3 Å². The zero-order valence-electron chi connectivity index (χ0n) is 12.1. The van der Waals surface area contributed by atoms with E-state index in [4.69, 9.17) is 10.5 Å². The molecule has 106 valence electrons. The van der Waals surface area contributed by atoms with Crippen LogP contribution >= 0.6 is 0 Å². The van der Waals surface area contributed by atoms with Gasteiger partial charge >= 0.3 is 0 Å². The minimum atomic E-state index is 0.275. The van der Waals surface area contributed by atoms with Crippen molar-refractivity contribution in [2.24, 2.45) is 11.7 Å². The van der Waals surface area contributed by atoms with Gasteiger partial charge in [0.25, 0.3) is 0 Å². The molecule has 1 aromatic rings. The summed E-state index contributed by atoms with van der Waals surface area (Å²) in [6, 6.07) is 8.44. The average molecular weight is 262 g/mol. The van der Waals surface area contributed by atoms with Crippen molar-refractivity contribution in [2.45, 2.75) is 38.1 Å². The molecule has 1 aliphatic carbocycles. The van der Waals surface area contributed by atoms with Crippen LogP contribution in [0.5, 0.6) is 5.75 Å². The number of methoxy groups -OCH3 is 1. The number of nitrogens with zero attached hydrogens (tertiary/aromatic N) is 1. The molecule has 3 heteroatoms. The standard InChI is InChI=1S/C16H26N2O/c1-18(14-9-6-10-15(11-14)19-2)12-16(17)13-7-4-3-5-8-13/h6,9-11,13,16H,3-5,7-8,12,17H2,1-2H3. The van der Waals surface area contributed by atoms with Gasteiger partial charge in [-0.3, -0.25) is 0 Å². The summed E-state index contributed by atoms with van der Waals surface area (Å²) in [6.07, 6.45) is 6.68. The van der Waals surface area contributed by atoms with Crippen molar-refractivity contribution < 1.29 is 4.74 Å². The Hall–Kier alpha value is -1.22. The van der Waals surface area contributed by atoms with E-state index in [-0.39, 0.29) is 6.04 Å². The van der Waals surface area contributed by atoms with E-state index in [0.29, 0.717) is 5.92 Å². The molecule has 0 aromatic heterocycles. The van der Waals surface area contributed by atoms with Gasteiger partial charge in [-0.05, 0) is 30.9 Å². The molecule has 0 radical (unpaired) electrons. The number of ether oxygens (including phenoxy) is 1.